The summed E-state index contributed by atoms with van der Waals surface area (Å²) in [7, 11) is 3.17. The molecule has 1 aliphatic heterocycles. The Bertz CT molecular complexity index is 691. The number of benzene rings is 1. The van der Waals surface area contributed by atoms with Gasteiger partial charge in [0.1, 0.15) is 18.0 Å². The number of carbonyl (C=O) groups excluding carboxylic acids is 1. The lowest BCUT2D eigenvalue weighted by Gasteiger charge is -2.32. The fraction of sp³-hybridized carbons (Fsp3) is 0.368. The minimum atomic E-state index is 0.0256. The van der Waals surface area contributed by atoms with Crippen LogP contribution in [0, 0.1) is 0 Å². The van der Waals surface area contributed by atoms with Crippen LogP contribution in [0.3, 0.4) is 0 Å². The third-order valence-corrected chi connectivity index (χ3v) is 4.53. The predicted octanol–water partition coefficient (Wildman–Crippen LogP) is 0.640. The van der Waals surface area contributed by atoms with Gasteiger partial charge in [0.2, 0.25) is 0 Å². The van der Waals surface area contributed by atoms with Crippen molar-refractivity contribution in [3.05, 3.63) is 53.9 Å². The van der Waals surface area contributed by atoms with E-state index in [0.29, 0.717) is 17.1 Å². The molecule has 0 radical (unpaired) electrons. The quantitative estimate of drug-likeness (QED) is 0.866. The molecule has 3 rings (SSSR count). The van der Waals surface area contributed by atoms with Crippen LogP contribution >= 0.6 is 0 Å². The van der Waals surface area contributed by atoms with Crippen LogP contribution in [0.25, 0.3) is 0 Å². The van der Waals surface area contributed by atoms with Crippen LogP contribution in [0.2, 0.25) is 0 Å². The number of quaternary nitrogens is 1. The summed E-state index contributed by atoms with van der Waals surface area (Å²) in [6.07, 6.45) is 3.70. The zero-order valence-electron chi connectivity index (χ0n) is 14.7. The second kappa shape index (κ2) is 7.98. The first-order valence-corrected chi connectivity index (χ1v) is 8.44. The Morgan fingerprint density at radius 3 is 2.40 bits per heavy atom. The van der Waals surface area contributed by atoms with Crippen molar-refractivity contribution in [3.8, 4) is 11.5 Å². The Kier molecular flexibility index (Phi) is 5.50. The summed E-state index contributed by atoms with van der Waals surface area (Å²) in [5.74, 6) is 1.28. The number of ether oxygens (including phenoxy) is 2. The Morgan fingerprint density at radius 1 is 1.16 bits per heavy atom. The molecule has 0 saturated carbocycles. The molecule has 1 aromatic carbocycles. The van der Waals surface area contributed by atoms with Crippen molar-refractivity contribution in [3.63, 3.8) is 0 Å². The minimum absolute atomic E-state index is 0.0256. The molecule has 6 heteroatoms. The SMILES string of the molecule is COc1cc(OC)cc(C(=O)N2CC[NH+](Cc3cccnc3)CC2)c1. The molecule has 2 aromatic rings. The molecule has 1 N–H and O–H groups in total. The first-order valence-electron chi connectivity index (χ1n) is 8.44. The first-order chi connectivity index (χ1) is 12.2. The van der Waals surface area contributed by atoms with Gasteiger partial charge in [-0.1, -0.05) is 6.07 Å². The van der Waals surface area contributed by atoms with Crippen molar-refractivity contribution in [2.75, 3.05) is 40.4 Å². The van der Waals surface area contributed by atoms with E-state index in [1.165, 1.54) is 10.5 Å². The Balaban J connectivity index is 1.62. The summed E-state index contributed by atoms with van der Waals surface area (Å²) in [6, 6.07) is 9.36. The van der Waals surface area contributed by atoms with E-state index in [1.54, 1.807) is 38.6 Å². The van der Waals surface area contributed by atoms with E-state index in [1.807, 2.05) is 17.2 Å². The molecular weight excluding hydrogens is 318 g/mol. The van der Waals surface area contributed by atoms with Crippen molar-refractivity contribution in [2.45, 2.75) is 6.54 Å². The van der Waals surface area contributed by atoms with Crippen molar-refractivity contribution in [1.29, 1.82) is 0 Å². The normalized spacial score (nSPS) is 15.0. The highest BCUT2D eigenvalue weighted by Crippen LogP contribution is 2.23. The summed E-state index contributed by atoms with van der Waals surface area (Å²) in [5, 5.41) is 0. The van der Waals surface area contributed by atoms with Gasteiger partial charge in [-0.3, -0.25) is 9.78 Å². The second-order valence-corrected chi connectivity index (χ2v) is 6.18. The number of hydrogen-bond donors (Lipinski definition) is 1. The van der Waals surface area contributed by atoms with Crippen molar-refractivity contribution < 1.29 is 19.2 Å². The maximum Gasteiger partial charge on any atom is 0.254 e. The fourth-order valence-electron chi connectivity index (χ4n) is 3.11. The number of methoxy groups -OCH3 is 2. The number of amides is 1. The van der Waals surface area contributed by atoms with Crippen LogP contribution in [-0.4, -0.2) is 56.2 Å². The lowest BCUT2D eigenvalue weighted by molar-refractivity contribution is -0.917. The number of carbonyl (C=O) groups is 1. The molecule has 0 bridgehead atoms. The summed E-state index contributed by atoms with van der Waals surface area (Å²) in [4.78, 5) is 20.3. The number of nitrogens with zero attached hydrogens (tertiary/aromatic N) is 2. The predicted molar refractivity (Wildman–Crippen MR) is 94.1 cm³/mol. The molecule has 0 spiro atoms. The van der Waals surface area contributed by atoms with E-state index >= 15 is 0 Å². The Morgan fingerprint density at radius 2 is 1.84 bits per heavy atom. The number of pyridine rings is 1. The molecule has 0 atom stereocenters. The average molecular weight is 342 g/mol. The van der Waals surface area contributed by atoms with Crippen LogP contribution in [0.5, 0.6) is 11.5 Å². The Hall–Kier alpha value is -2.60. The molecule has 25 heavy (non-hydrogen) atoms. The Labute approximate surface area is 148 Å². The lowest BCUT2D eigenvalue weighted by Crippen LogP contribution is -3.13. The molecule has 132 valence electrons. The van der Waals surface area contributed by atoms with E-state index < -0.39 is 0 Å². The second-order valence-electron chi connectivity index (χ2n) is 6.18. The number of nitrogens with one attached hydrogen (secondary N) is 1. The highest BCUT2D eigenvalue weighted by molar-refractivity contribution is 5.95. The van der Waals surface area contributed by atoms with E-state index in [9.17, 15) is 4.79 Å². The van der Waals surface area contributed by atoms with Crippen molar-refractivity contribution in [2.24, 2.45) is 0 Å². The largest absolute Gasteiger partial charge is 0.497 e. The maximum atomic E-state index is 12.8. The number of hydrogen-bond acceptors (Lipinski definition) is 4. The molecule has 1 aromatic heterocycles. The van der Waals surface area contributed by atoms with Gasteiger partial charge in [-0.15, -0.1) is 0 Å². The van der Waals surface area contributed by atoms with E-state index in [0.717, 1.165) is 32.7 Å². The van der Waals surface area contributed by atoms with Gasteiger partial charge in [0.15, 0.2) is 0 Å². The molecule has 0 aliphatic carbocycles. The van der Waals surface area contributed by atoms with Gasteiger partial charge in [0.25, 0.3) is 5.91 Å². The number of aromatic nitrogens is 1. The van der Waals surface area contributed by atoms with Gasteiger partial charge in [-0.05, 0) is 18.2 Å². The van der Waals surface area contributed by atoms with Gasteiger partial charge >= 0.3 is 0 Å². The highest BCUT2D eigenvalue weighted by Gasteiger charge is 2.25. The highest BCUT2D eigenvalue weighted by atomic mass is 16.5. The monoisotopic (exact) mass is 342 g/mol. The molecule has 1 amide bonds. The van der Waals surface area contributed by atoms with E-state index in [2.05, 4.69) is 11.1 Å². The van der Waals surface area contributed by atoms with Gasteiger partial charge in [-0.2, -0.15) is 0 Å². The van der Waals surface area contributed by atoms with Crippen LogP contribution < -0.4 is 14.4 Å². The molecule has 1 aliphatic rings. The molecule has 2 heterocycles. The zero-order chi connectivity index (χ0) is 17.6. The third kappa shape index (κ3) is 4.28. The molecule has 1 saturated heterocycles. The lowest BCUT2D eigenvalue weighted by atomic mass is 10.1. The van der Waals surface area contributed by atoms with Crippen molar-refractivity contribution >= 4 is 5.91 Å². The van der Waals surface area contributed by atoms with Crippen LogP contribution in [0.4, 0.5) is 0 Å². The van der Waals surface area contributed by atoms with Crippen LogP contribution in [-0.2, 0) is 6.54 Å². The standard InChI is InChI=1S/C19H23N3O3/c1-24-17-10-16(11-18(12-17)25-2)19(23)22-8-6-21(7-9-22)14-15-4-3-5-20-13-15/h3-5,10-13H,6-9,14H2,1-2H3/p+1. The minimum Gasteiger partial charge on any atom is -0.497 e. The molecule has 0 unspecified atom stereocenters. The zero-order valence-corrected chi connectivity index (χ0v) is 14.7. The fourth-order valence-corrected chi connectivity index (χ4v) is 3.11. The van der Waals surface area contributed by atoms with Gasteiger partial charge in [0, 0.05) is 29.6 Å². The number of rotatable bonds is 5. The average Bonchev–Trinajstić information content (AvgIpc) is 2.68. The summed E-state index contributed by atoms with van der Waals surface area (Å²) in [6.45, 7) is 4.30. The first kappa shape index (κ1) is 17.2. The smallest absolute Gasteiger partial charge is 0.254 e. The summed E-state index contributed by atoms with van der Waals surface area (Å²) >= 11 is 0. The third-order valence-electron chi connectivity index (χ3n) is 4.53. The summed E-state index contributed by atoms with van der Waals surface area (Å²) < 4.78 is 10.5. The van der Waals surface area contributed by atoms with Crippen LogP contribution in [0.15, 0.2) is 42.7 Å². The van der Waals surface area contributed by atoms with Crippen molar-refractivity contribution in [1.82, 2.24) is 9.88 Å². The van der Waals surface area contributed by atoms with E-state index in [4.69, 9.17) is 9.47 Å². The summed E-state index contributed by atoms with van der Waals surface area (Å²) in [5.41, 5.74) is 1.83. The topological polar surface area (TPSA) is 56.1 Å². The number of piperazine rings is 1. The van der Waals surface area contributed by atoms with E-state index in [-0.39, 0.29) is 5.91 Å². The molecule has 1 fully saturated rings. The van der Waals surface area contributed by atoms with Gasteiger partial charge < -0.3 is 19.3 Å². The van der Waals surface area contributed by atoms with Gasteiger partial charge in [0.05, 0.1) is 40.4 Å². The molecule has 6 nitrogen and oxygen atoms in total. The molecular formula is C19H24N3O3+. The van der Waals surface area contributed by atoms with Crippen LogP contribution in [0.1, 0.15) is 15.9 Å². The van der Waals surface area contributed by atoms with Gasteiger partial charge in [-0.25, -0.2) is 0 Å². The maximum absolute atomic E-state index is 12.8.